The minimum Gasteiger partial charge on any atom is -0.451 e. The maximum absolute atomic E-state index is 12.2. The lowest BCUT2D eigenvalue weighted by Crippen LogP contribution is -2.37. The second-order valence-electron chi connectivity index (χ2n) is 7.16. The van der Waals surface area contributed by atoms with Crippen LogP contribution in [0.1, 0.15) is 57.5 Å². The highest BCUT2D eigenvalue weighted by molar-refractivity contribution is 5.99. The number of esters is 1. The summed E-state index contributed by atoms with van der Waals surface area (Å²) in [5.74, 6) is -0.657. The monoisotopic (exact) mass is 373 g/mol. The quantitative estimate of drug-likeness (QED) is 0.408. The van der Waals surface area contributed by atoms with Crippen LogP contribution in [-0.2, 0) is 20.9 Å². The summed E-state index contributed by atoms with van der Waals surface area (Å²) < 4.78 is 7.18. The summed E-state index contributed by atoms with van der Waals surface area (Å²) in [5.41, 5.74) is 2.76. The minimum atomic E-state index is -0.786. The summed E-state index contributed by atoms with van der Waals surface area (Å²) in [6.07, 6.45) is 3.15. The number of aryl methyl sites for hydroxylation is 1. The van der Waals surface area contributed by atoms with Crippen LogP contribution in [0.5, 0.6) is 0 Å². The Hall–Kier alpha value is -2.55. The van der Waals surface area contributed by atoms with Crippen LogP contribution >= 0.6 is 0 Å². The van der Waals surface area contributed by atoms with Gasteiger partial charge in [-0.15, -0.1) is 0 Å². The maximum Gasteiger partial charge on any atom is 0.349 e. The summed E-state index contributed by atoms with van der Waals surface area (Å²) in [6.45, 7) is 12.7. The average Bonchev–Trinajstić information content (AvgIpc) is 2.89. The Labute approximate surface area is 162 Å². The first-order valence-corrected chi connectivity index (χ1v) is 9.48. The number of carbonyl (C=O) groups is 2. The van der Waals surface area contributed by atoms with Crippen molar-refractivity contribution in [1.82, 2.24) is 9.88 Å². The number of rotatable bonds is 9. The molecule has 148 valence electrons. The van der Waals surface area contributed by atoms with Gasteiger partial charge >= 0.3 is 5.97 Å². The van der Waals surface area contributed by atoms with Crippen molar-refractivity contribution in [2.45, 2.75) is 67.0 Å². The number of nitrogens with zero attached hydrogens (tertiary/aromatic N) is 2. The third kappa shape index (κ3) is 6.59. The third-order valence-electron chi connectivity index (χ3n) is 4.49. The van der Waals surface area contributed by atoms with E-state index in [4.69, 9.17) is 4.74 Å². The molecule has 1 rings (SSSR count). The molecular weight excluding hydrogens is 342 g/mol. The van der Waals surface area contributed by atoms with E-state index in [1.165, 1.54) is 6.08 Å². The Morgan fingerprint density at radius 3 is 2.44 bits per heavy atom. The molecule has 0 aromatic carbocycles. The largest absolute Gasteiger partial charge is 0.451 e. The topological polar surface area (TPSA) is 84.1 Å². The number of ether oxygens (including phenoxy) is 1. The predicted octanol–water partition coefficient (Wildman–Crippen LogP) is 3.52. The van der Waals surface area contributed by atoms with Gasteiger partial charge in [0.1, 0.15) is 11.6 Å². The smallest absolute Gasteiger partial charge is 0.349 e. The number of hydrogen-bond donors (Lipinski definition) is 1. The Balaban J connectivity index is 2.84. The van der Waals surface area contributed by atoms with Gasteiger partial charge in [0.25, 0.3) is 5.91 Å². The van der Waals surface area contributed by atoms with E-state index in [1.807, 2.05) is 39.8 Å². The van der Waals surface area contributed by atoms with E-state index in [0.717, 1.165) is 36.3 Å². The van der Waals surface area contributed by atoms with Crippen molar-refractivity contribution in [2.24, 2.45) is 5.92 Å². The normalized spacial score (nSPS) is 11.6. The molecule has 0 unspecified atom stereocenters. The van der Waals surface area contributed by atoms with Crippen LogP contribution in [0.2, 0.25) is 0 Å². The van der Waals surface area contributed by atoms with E-state index in [2.05, 4.69) is 23.7 Å². The average molecular weight is 373 g/mol. The Morgan fingerprint density at radius 1 is 1.30 bits per heavy atom. The summed E-state index contributed by atoms with van der Waals surface area (Å²) in [7, 11) is 0. The van der Waals surface area contributed by atoms with Crippen molar-refractivity contribution in [1.29, 1.82) is 5.26 Å². The predicted molar refractivity (Wildman–Crippen MR) is 106 cm³/mol. The maximum atomic E-state index is 12.2. The molecule has 1 amide bonds. The highest BCUT2D eigenvalue weighted by Gasteiger charge is 2.16. The molecule has 6 heteroatoms. The van der Waals surface area contributed by atoms with E-state index in [0.29, 0.717) is 5.92 Å². The van der Waals surface area contributed by atoms with Gasteiger partial charge in [-0.2, -0.15) is 5.26 Å². The van der Waals surface area contributed by atoms with Gasteiger partial charge in [0.15, 0.2) is 6.61 Å². The Kier molecular flexibility index (Phi) is 8.80. The standard InChI is InChI=1S/C21H31N3O3/c1-7-19(8-2)23-20(25)13-27-21(26)18(11-22)10-17-9-15(5)24(16(17)6)12-14(3)4/h9-10,14,19H,7-8,12-13H2,1-6H3,(H,23,25). The van der Waals surface area contributed by atoms with Crippen LogP contribution in [0.25, 0.3) is 6.08 Å². The van der Waals surface area contributed by atoms with Gasteiger partial charge in [0, 0.05) is 24.0 Å². The van der Waals surface area contributed by atoms with Crippen LogP contribution < -0.4 is 5.32 Å². The van der Waals surface area contributed by atoms with E-state index in [-0.39, 0.29) is 24.1 Å². The van der Waals surface area contributed by atoms with Crippen LogP contribution in [0, 0.1) is 31.1 Å². The molecular formula is C21H31N3O3. The van der Waals surface area contributed by atoms with Gasteiger partial charge in [-0.25, -0.2) is 4.79 Å². The highest BCUT2D eigenvalue weighted by atomic mass is 16.5. The molecule has 0 aliphatic rings. The van der Waals surface area contributed by atoms with Crippen molar-refractivity contribution < 1.29 is 14.3 Å². The Morgan fingerprint density at radius 2 is 1.93 bits per heavy atom. The zero-order chi connectivity index (χ0) is 20.6. The molecule has 27 heavy (non-hydrogen) atoms. The summed E-state index contributed by atoms with van der Waals surface area (Å²) in [4.78, 5) is 24.0. The molecule has 0 aliphatic carbocycles. The molecule has 0 radical (unpaired) electrons. The fraction of sp³-hybridized carbons (Fsp3) is 0.571. The lowest BCUT2D eigenvalue weighted by molar-refractivity contribution is -0.144. The number of aromatic nitrogens is 1. The third-order valence-corrected chi connectivity index (χ3v) is 4.49. The number of hydrogen-bond acceptors (Lipinski definition) is 4. The van der Waals surface area contributed by atoms with E-state index in [1.54, 1.807) is 0 Å². The van der Waals surface area contributed by atoms with E-state index in [9.17, 15) is 14.9 Å². The lowest BCUT2D eigenvalue weighted by atomic mass is 10.1. The van der Waals surface area contributed by atoms with Crippen LogP contribution in [0.3, 0.4) is 0 Å². The minimum absolute atomic E-state index is 0.0635. The molecule has 1 aromatic rings. The molecule has 1 heterocycles. The van der Waals surface area contributed by atoms with Gasteiger partial charge in [-0.1, -0.05) is 27.7 Å². The van der Waals surface area contributed by atoms with E-state index >= 15 is 0 Å². The van der Waals surface area contributed by atoms with Crippen LogP contribution in [0.4, 0.5) is 0 Å². The fourth-order valence-corrected chi connectivity index (χ4v) is 2.88. The molecule has 0 spiro atoms. The van der Waals surface area contributed by atoms with Crippen molar-refractivity contribution in [3.63, 3.8) is 0 Å². The van der Waals surface area contributed by atoms with Crippen molar-refractivity contribution >= 4 is 18.0 Å². The van der Waals surface area contributed by atoms with Gasteiger partial charge in [-0.3, -0.25) is 4.79 Å². The van der Waals surface area contributed by atoms with Gasteiger partial charge in [-0.05, 0) is 50.3 Å². The second-order valence-corrected chi connectivity index (χ2v) is 7.16. The zero-order valence-electron chi connectivity index (χ0n) is 17.3. The van der Waals surface area contributed by atoms with Gasteiger partial charge in [0.2, 0.25) is 0 Å². The van der Waals surface area contributed by atoms with Crippen molar-refractivity contribution in [2.75, 3.05) is 6.61 Å². The molecule has 1 N–H and O–H groups in total. The van der Waals surface area contributed by atoms with E-state index < -0.39 is 5.97 Å². The number of nitrogens with one attached hydrogen (secondary N) is 1. The van der Waals surface area contributed by atoms with Gasteiger partial charge < -0.3 is 14.6 Å². The number of nitriles is 1. The number of amides is 1. The van der Waals surface area contributed by atoms with Crippen LogP contribution in [-0.4, -0.2) is 29.1 Å². The molecule has 0 fully saturated rings. The zero-order valence-corrected chi connectivity index (χ0v) is 17.3. The van der Waals surface area contributed by atoms with Crippen molar-refractivity contribution in [3.8, 4) is 6.07 Å². The molecule has 1 aromatic heterocycles. The van der Waals surface area contributed by atoms with Gasteiger partial charge in [0.05, 0.1) is 0 Å². The van der Waals surface area contributed by atoms with Crippen LogP contribution in [0.15, 0.2) is 11.6 Å². The summed E-state index contributed by atoms with van der Waals surface area (Å²) in [5, 5.41) is 12.1. The highest BCUT2D eigenvalue weighted by Crippen LogP contribution is 2.20. The molecule has 0 saturated heterocycles. The first-order chi connectivity index (χ1) is 12.7. The first-order valence-electron chi connectivity index (χ1n) is 9.48. The summed E-state index contributed by atoms with van der Waals surface area (Å²) >= 11 is 0. The molecule has 0 aliphatic heterocycles. The SMILES string of the molecule is CCC(CC)NC(=O)COC(=O)C(C#N)=Cc1cc(C)n(CC(C)C)c1C. The molecule has 0 saturated carbocycles. The fourth-order valence-electron chi connectivity index (χ4n) is 2.88. The molecule has 6 nitrogen and oxygen atoms in total. The first kappa shape index (κ1) is 22.5. The molecule has 0 atom stereocenters. The lowest BCUT2D eigenvalue weighted by Gasteiger charge is -2.14. The number of carbonyl (C=O) groups excluding carboxylic acids is 2. The van der Waals surface area contributed by atoms with Crippen molar-refractivity contribution in [3.05, 3.63) is 28.6 Å². The summed E-state index contributed by atoms with van der Waals surface area (Å²) in [6, 6.07) is 3.89. The second kappa shape index (κ2) is 10.6. The Bertz CT molecular complexity index is 735. The molecule has 0 bridgehead atoms.